The lowest BCUT2D eigenvalue weighted by molar-refractivity contribution is 0.130. The molecule has 2 N–H and O–H groups in total. The maximum atomic E-state index is 12.0. The van der Waals surface area contributed by atoms with Crippen molar-refractivity contribution in [2.45, 2.75) is 44.6 Å². The van der Waals surface area contributed by atoms with Crippen molar-refractivity contribution in [2.24, 2.45) is 0 Å². The Bertz CT molecular complexity index is 495. The van der Waals surface area contributed by atoms with Crippen molar-refractivity contribution >= 4 is 10.0 Å². The van der Waals surface area contributed by atoms with E-state index in [4.69, 9.17) is 14.3 Å². The summed E-state index contributed by atoms with van der Waals surface area (Å²) in [6, 6.07) is 1.34. The molecule has 0 fully saturated rings. The zero-order valence-corrected chi connectivity index (χ0v) is 12.8. The summed E-state index contributed by atoms with van der Waals surface area (Å²) in [5.74, 6) is 0.520. The standard InChI is InChI=1S/C13H23NO5S/c1-3-4-7-18-8-5-6-14-20(16,17)13-9-12(10-15)19-11(13)2/h9,14-15H,3-8,10H2,1-2H3. The van der Waals surface area contributed by atoms with E-state index in [1.807, 2.05) is 0 Å². The zero-order valence-electron chi connectivity index (χ0n) is 12.0. The van der Waals surface area contributed by atoms with Gasteiger partial charge in [0.25, 0.3) is 0 Å². The smallest absolute Gasteiger partial charge is 0.244 e. The Hall–Kier alpha value is -0.890. The summed E-state index contributed by atoms with van der Waals surface area (Å²) in [6.07, 6.45) is 2.72. The van der Waals surface area contributed by atoms with Crippen LogP contribution in [-0.4, -0.2) is 33.3 Å². The van der Waals surface area contributed by atoms with E-state index in [1.165, 1.54) is 6.07 Å². The van der Waals surface area contributed by atoms with Crippen molar-refractivity contribution in [2.75, 3.05) is 19.8 Å². The maximum Gasteiger partial charge on any atom is 0.244 e. The van der Waals surface area contributed by atoms with Crippen molar-refractivity contribution in [1.82, 2.24) is 4.72 Å². The average molecular weight is 305 g/mol. The number of unbranched alkanes of at least 4 members (excludes halogenated alkanes) is 1. The summed E-state index contributed by atoms with van der Waals surface area (Å²) in [6.45, 7) is 4.89. The highest BCUT2D eigenvalue weighted by molar-refractivity contribution is 7.89. The molecule has 0 bridgehead atoms. The summed E-state index contributed by atoms with van der Waals surface area (Å²) in [4.78, 5) is 0.0773. The third-order valence-electron chi connectivity index (χ3n) is 2.77. The van der Waals surface area contributed by atoms with E-state index in [-0.39, 0.29) is 23.0 Å². The van der Waals surface area contributed by atoms with E-state index >= 15 is 0 Å². The molecule has 0 aromatic carbocycles. The molecule has 0 spiro atoms. The molecule has 0 aliphatic carbocycles. The largest absolute Gasteiger partial charge is 0.462 e. The lowest BCUT2D eigenvalue weighted by atomic mass is 10.4. The predicted octanol–water partition coefficient (Wildman–Crippen LogP) is 1.57. The number of rotatable bonds is 10. The molecule has 0 radical (unpaired) electrons. The third-order valence-corrected chi connectivity index (χ3v) is 4.34. The van der Waals surface area contributed by atoms with E-state index < -0.39 is 10.0 Å². The Morgan fingerprint density at radius 1 is 1.35 bits per heavy atom. The van der Waals surface area contributed by atoms with Crippen molar-refractivity contribution in [3.8, 4) is 0 Å². The Balaban J connectivity index is 2.40. The van der Waals surface area contributed by atoms with Crippen LogP contribution in [0.15, 0.2) is 15.4 Å². The minimum Gasteiger partial charge on any atom is -0.462 e. The number of hydrogen-bond donors (Lipinski definition) is 2. The number of ether oxygens (including phenoxy) is 1. The molecule has 1 aromatic heterocycles. The van der Waals surface area contributed by atoms with E-state index in [0.717, 1.165) is 12.8 Å². The van der Waals surface area contributed by atoms with Crippen molar-refractivity contribution in [3.05, 3.63) is 17.6 Å². The molecule has 6 nitrogen and oxygen atoms in total. The highest BCUT2D eigenvalue weighted by Gasteiger charge is 2.20. The number of nitrogens with one attached hydrogen (secondary N) is 1. The van der Waals surface area contributed by atoms with Gasteiger partial charge in [0, 0.05) is 25.8 Å². The number of aliphatic hydroxyl groups is 1. The number of furan rings is 1. The van der Waals surface area contributed by atoms with Gasteiger partial charge >= 0.3 is 0 Å². The monoisotopic (exact) mass is 305 g/mol. The van der Waals surface area contributed by atoms with Crippen LogP contribution in [0.4, 0.5) is 0 Å². The molecular weight excluding hydrogens is 282 g/mol. The lowest BCUT2D eigenvalue weighted by Crippen LogP contribution is -2.25. The topological polar surface area (TPSA) is 88.8 Å². The van der Waals surface area contributed by atoms with Gasteiger partial charge in [0.2, 0.25) is 10.0 Å². The predicted molar refractivity (Wildman–Crippen MR) is 74.9 cm³/mol. The van der Waals surface area contributed by atoms with Gasteiger partial charge in [-0.05, 0) is 19.8 Å². The van der Waals surface area contributed by atoms with Crippen LogP contribution in [-0.2, 0) is 21.4 Å². The van der Waals surface area contributed by atoms with Crippen molar-refractivity contribution in [1.29, 1.82) is 0 Å². The zero-order chi connectivity index (χ0) is 15.0. The normalized spacial score (nSPS) is 11.9. The SMILES string of the molecule is CCCCOCCCNS(=O)(=O)c1cc(CO)oc1C. The Labute approximate surface area is 120 Å². The fourth-order valence-electron chi connectivity index (χ4n) is 1.68. The van der Waals surface area contributed by atoms with Crippen LogP contribution < -0.4 is 4.72 Å². The van der Waals surface area contributed by atoms with Crippen LogP contribution >= 0.6 is 0 Å². The van der Waals surface area contributed by atoms with Crippen LogP contribution in [0, 0.1) is 6.92 Å². The minimum atomic E-state index is -3.59. The lowest BCUT2D eigenvalue weighted by Gasteiger charge is -2.06. The molecule has 1 rings (SSSR count). The Morgan fingerprint density at radius 3 is 2.65 bits per heavy atom. The van der Waals surface area contributed by atoms with E-state index in [1.54, 1.807) is 6.92 Å². The van der Waals surface area contributed by atoms with Gasteiger partial charge in [0.15, 0.2) is 0 Å². The Kier molecular flexibility index (Phi) is 7.22. The van der Waals surface area contributed by atoms with Gasteiger partial charge in [0.1, 0.15) is 23.0 Å². The molecule has 20 heavy (non-hydrogen) atoms. The molecular formula is C13H23NO5S. The van der Waals surface area contributed by atoms with Crippen LogP contribution in [0.1, 0.15) is 37.7 Å². The highest BCUT2D eigenvalue weighted by atomic mass is 32.2. The van der Waals surface area contributed by atoms with Crippen LogP contribution in [0.5, 0.6) is 0 Å². The molecule has 0 saturated carbocycles. The molecule has 0 atom stereocenters. The molecule has 1 aromatic rings. The van der Waals surface area contributed by atoms with Gasteiger partial charge in [-0.15, -0.1) is 0 Å². The summed E-state index contributed by atoms with van der Waals surface area (Å²) < 4.78 is 37.0. The van der Waals surface area contributed by atoms with Crippen LogP contribution in [0.25, 0.3) is 0 Å². The molecule has 0 saturated heterocycles. The van der Waals surface area contributed by atoms with Gasteiger partial charge in [-0.25, -0.2) is 13.1 Å². The first-order valence-corrected chi connectivity index (χ1v) is 8.27. The second-order valence-electron chi connectivity index (χ2n) is 4.51. The summed E-state index contributed by atoms with van der Waals surface area (Å²) >= 11 is 0. The van der Waals surface area contributed by atoms with E-state index in [2.05, 4.69) is 11.6 Å². The minimum absolute atomic E-state index is 0.0773. The molecule has 1 heterocycles. The number of aliphatic hydroxyl groups excluding tert-OH is 1. The molecule has 116 valence electrons. The first-order valence-electron chi connectivity index (χ1n) is 6.78. The van der Waals surface area contributed by atoms with Crippen LogP contribution in [0.3, 0.4) is 0 Å². The van der Waals surface area contributed by atoms with E-state index in [9.17, 15) is 8.42 Å². The molecule has 0 aliphatic rings. The van der Waals surface area contributed by atoms with Gasteiger partial charge in [0.05, 0.1) is 0 Å². The van der Waals surface area contributed by atoms with Gasteiger partial charge in [-0.1, -0.05) is 13.3 Å². The number of hydrogen-bond acceptors (Lipinski definition) is 5. The van der Waals surface area contributed by atoms with Crippen molar-refractivity contribution < 1.29 is 22.7 Å². The fraction of sp³-hybridized carbons (Fsp3) is 0.692. The van der Waals surface area contributed by atoms with Gasteiger partial charge in [-0.3, -0.25) is 0 Å². The third kappa shape index (κ3) is 5.24. The summed E-state index contributed by atoms with van der Waals surface area (Å²) in [5.41, 5.74) is 0. The first-order chi connectivity index (χ1) is 9.51. The Morgan fingerprint density at radius 2 is 2.05 bits per heavy atom. The fourth-order valence-corrected chi connectivity index (χ4v) is 2.95. The second-order valence-corrected chi connectivity index (χ2v) is 6.24. The summed E-state index contributed by atoms with van der Waals surface area (Å²) in [5, 5.41) is 8.93. The van der Waals surface area contributed by atoms with Gasteiger partial charge in [-0.2, -0.15) is 0 Å². The first kappa shape index (κ1) is 17.2. The molecule has 0 aliphatic heterocycles. The molecule has 0 unspecified atom stereocenters. The number of sulfonamides is 1. The summed E-state index contributed by atoms with van der Waals surface area (Å²) in [7, 11) is -3.59. The maximum absolute atomic E-state index is 12.0. The number of aryl methyl sites for hydroxylation is 1. The van der Waals surface area contributed by atoms with Crippen LogP contribution in [0.2, 0.25) is 0 Å². The van der Waals surface area contributed by atoms with Gasteiger partial charge < -0.3 is 14.3 Å². The van der Waals surface area contributed by atoms with E-state index in [0.29, 0.717) is 26.2 Å². The molecule has 7 heteroatoms. The quantitative estimate of drug-likeness (QED) is 0.640. The van der Waals surface area contributed by atoms with Crippen molar-refractivity contribution in [3.63, 3.8) is 0 Å². The molecule has 0 amide bonds. The average Bonchev–Trinajstić information content (AvgIpc) is 2.80. The second kappa shape index (κ2) is 8.41. The highest BCUT2D eigenvalue weighted by Crippen LogP contribution is 2.19.